The van der Waals surface area contributed by atoms with Gasteiger partial charge in [-0.15, -0.1) is 4.74 Å². The molecule has 2 amide bonds. The van der Waals surface area contributed by atoms with Crippen LogP contribution in [-0.4, -0.2) is 31.8 Å². The van der Waals surface area contributed by atoms with E-state index in [2.05, 4.69) is 0 Å². The summed E-state index contributed by atoms with van der Waals surface area (Å²) in [5.74, 6) is -0.797. The lowest BCUT2D eigenvalue weighted by molar-refractivity contribution is 0.0756. The Hall–Kier alpha value is -3.55. The van der Waals surface area contributed by atoms with Crippen molar-refractivity contribution < 1.29 is 9.32 Å². The summed E-state index contributed by atoms with van der Waals surface area (Å²) in [4.78, 5) is 42.9. The molecular formula is C23H26N4O4. The zero-order valence-electron chi connectivity index (χ0n) is 18.1. The number of hydrogen-bond donors (Lipinski definition) is 0. The number of carbonyl (C=O) groups is 1. The molecule has 0 aliphatic carbocycles. The van der Waals surface area contributed by atoms with Crippen LogP contribution in [0.2, 0.25) is 0 Å². The minimum Gasteiger partial charge on any atom is -0.314 e. The van der Waals surface area contributed by atoms with Gasteiger partial charge in [-0.25, -0.2) is 14.4 Å². The summed E-state index contributed by atoms with van der Waals surface area (Å²) < 4.78 is 7.48. The van der Waals surface area contributed by atoms with Gasteiger partial charge >= 0.3 is 17.5 Å². The Labute approximate surface area is 179 Å². The van der Waals surface area contributed by atoms with Gasteiger partial charge in [0.15, 0.2) is 6.17 Å². The molecule has 0 bridgehead atoms. The molecule has 162 valence electrons. The van der Waals surface area contributed by atoms with Crippen LogP contribution in [0.3, 0.4) is 0 Å². The maximum Gasteiger partial charge on any atom is 0.447 e. The molecule has 0 radical (unpaired) electrons. The highest BCUT2D eigenvalue weighted by atomic mass is 16.5. The molecule has 1 fully saturated rings. The van der Waals surface area contributed by atoms with Crippen LogP contribution >= 0.6 is 0 Å². The number of amides is 2. The molecule has 3 aromatic rings. The van der Waals surface area contributed by atoms with E-state index in [1.165, 1.54) is 4.90 Å². The van der Waals surface area contributed by atoms with E-state index in [4.69, 9.17) is 4.52 Å². The third-order valence-electron chi connectivity index (χ3n) is 5.95. The van der Waals surface area contributed by atoms with E-state index in [0.29, 0.717) is 11.4 Å². The summed E-state index contributed by atoms with van der Waals surface area (Å²) in [6.45, 7) is 7.75. The van der Waals surface area contributed by atoms with Gasteiger partial charge in [0.25, 0.3) is 0 Å². The minimum atomic E-state index is -0.846. The zero-order valence-corrected chi connectivity index (χ0v) is 18.1. The number of urea groups is 1. The number of nitrogens with zero attached hydrogens (tertiary/aromatic N) is 4. The predicted molar refractivity (Wildman–Crippen MR) is 118 cm³/mol. The van der Waals surface area contributed by atoms with Crippen molar-refractivity contribution in [2.24, 2.45) is 0 Å². The topological polar surface area (TPSA) is 80.7 Å². The molecule has 1 aliphatic rings. The summed E-state index contributed by atoms with van der Waals surface area (Å²) in [5, 5.41) is 0. The van der Waals surface area contributed by atoms with Gasteiger partial charge < -0.3 is 9.42 Å². The number of anilines is 1. The Morgan fingerprint density at radius 2 is 1.48 bits per heavy atom. The molecule has 1 aliphatic heterocycles. The fourth-order valence-corrected chi connectivity index (χ4v) is 4.37. The van der Waals surface area contributed by atoms with Gasteiger partial charge in [0.2, 0.25) is 0 Å². The van der Waals surface area contributed by atoms with Crippen LogP contribution in [0.5, 0.6) is 0 Å². The first-order valence-electron chi connectivity index (χ1n) is 10.4. The number of hydrogen-bond acceptors (Lipinski definition) is 4. The first kappa shape index (κ1) is 20.7. The van der Waals surface area contributed by atoms with Gasteiger partial charge in [0.1, 0.15) is 0 Å². The molecule has 2 aromatic carbocycles. The molecular weight excluding hydrogens is 396 g/mol. The maximum absolute atomic E-state index is 13.6. The Bertz CT molecular complexity index is 1190. The number of para-hydroxylation sites is 2. The van der Waals surface area contributed by atoms with E-state index >= 15 is 0 Å². The fourth-order valence-electron chi connectivity index (χ4n) is 4.37. The van der Waals surface area contributed by atoms with Gasteiger partial charge in [-0.1, -0.05) is 43.3 Å². The zero-order chi connectivity index (χ0) is 22.3. The second-order valence-electron chi connectivity index (χ2n) is 8.28. The average Bonchev–Trinajstić information content (AvgIpc) is 3.16. The third-order valence-corrected chi connectivity index (χ3v) is 5.95. The van der Waals surface area contributed by atoms with Crippen LogP contribution in [-0.2, 0) is 0 Å². The lowest BCUT2D eigenvalue weighted by atomic mass is 9.98. The minimum absolute atomic E-state index is 0.0719. The summed E-state index contributed by atoms with van der Waals surface area (Å²) in [5.41, 5.74) is -0.426. The van der Waals surface area contributed by atoms with Crippen molar-refractivity contribution in [2.45, 2.75) is 51.9 Å². The smallest absolute Gasteiger partial charge is 0.314 e. The molecule has 31 heavy (non-hydrogen) atoms. The van der Waals surface area contributed by atoms with E-state index in [-0.39, 0.29) is 12.1 Å². The van der Waals surface area contributed by atoms with E-state index in [1.807, 2.05) is 45.9 Å². The standard InChI is InChI=1S/C23H26N4O4/c1-5-16(2)26-20(28)24(17-12-8-6-9-13-17)19(23(26,3)4)27-21(29)25(22(30)31-27)18-14-10-7-11-15-18/h6-16,19H,5H2,1-4H3/t16-,19+/m0/s1. The molecule has 4 rings (SSSR count). The molecule has 1 saturated heterocycles. The van der Waals surface area contributed by atoms with Crippen molar-refractivity contribution in [1.82, 2.24) is 14.2 Å². The Balaban J connectivity index is 1.94. The molecule has 0 unspecified atom stereocenters. The van der Waals surface area contributed by atoms with Crippen molar-refractivity contribution in [3.05, 3.63) is 81.7 Å². The summed E-state index contributed by atoms with van der Waals surface area (Å²) in [6, 6.07) is 17.4. The highest BCUT2D eigenvalue weighted by Gasteiger charge is 2.56. The SMILES string of the molecule is CC[C@H](C)N1C(=O)N(c2ccccc2)[C@H](n2oc(=O)n(-c3ccccc3)c2=O)C1(C)C. The van der Waals surface area contributed by atoms with E-state index in [1.54, 1.807) is 47.4 Å². The average molecular weight is 422 g/mol. The van der Waals surface area contributed by atoms with E-state index < -0.39 is 23.2 Å². The van der Waals surface area contributed by atoms with Gasteiger partial charge in [-0.3, -0.25) is 4.90 Å². The molecule has 0 saturated carbocycles. The number of rotatable bonds is 5. The van der Waals surface area contributed by atoms with Crippen LogP contribution in [0.15, 0.2) is 74.8 Å². The van der Waals surface area contributed by atoms with Crippen molar-refractivity contribution in [2.75, 3.05) is 4.90 Å². The number of aromatic nitrogens is 2. The highest BCUT2D eigenvalue weighted by molar-refractivity contribution is 5.95. The maximum atomic E-state index is 13.6. The molecule has 2 atom stereocenters. The Morgan fingerprint density at radius 1 is 0.935 bits per heavy atom. The monoisotopic (exact) mass is 422 g/mol. The van der Waals surface area contributed by atoms with Crippen molar-refractivity contribution in [3.8, 4) is 5.69 Å². The molecule has 1 aromatic heterocycles. The van der Waals surface area contributed by atoms with E-state index in [9.17, 15) is 14.4 Å². The Morgan fingerprint density at radius 3 is 2.03 bits per heavy atom. The predicted octanol–water partition coefficient (Wildman–Crippen LogP) is 3.61. The van der Waals surface area contributed by atoms with Crippen molar-refractivity contribution >= 4 is 11.7 Å². The van der Waals surface area contributed by atoms with Crippen molar-refractivity contribution in [3.63, 3.8) is 0 Å². The van der Waals surface area contributed by atoms with Gasteiger partial charge in [0, 0.05) is 11.7 Å². The summed E-state index contributed by atoms with van der Waals surface area (Å²) in [6.07, 6.45) is -0.101. The lowest BCUT2D eigenvalue weighted by Crippen LogP contribution is -2.50. The van der Waals surface area contributed by atoms with Crippen LogP contribution in [0.25, 0.3) is 5.69 Å². The summed E-state index contributed by atoms with van der Waals surface area (Å²) >= 11 is 0. The van der Waals surface area contributed by atoms with Crippen LogP contribution in [0.1, 0.15) is 40.3 Å². The van der Waals surface area contributed by atoms with E-state index in [0.717, 1.165) is 15.7 Å². The molecule has 0 spiro atoms. The Kier molecular flexibility index (Phi) is 5.08. The van der Waals surface area contributed by atoms with Gasteiger partial charge in [0.05, 0.1) is 11.2 Å². The second-order valence-corrected chi connectivity index (χ2v) is 8.28. The second kappa shape index (κ2) is 7.61. The van der Waals surface area contributed by atoms with Crippen LogP contribution < -0.4 is 16.3 Å². The largest absolute Gasteiger partial charge is 0.447 e. The molecule has 8 heteroatoms. The highest BCUT2D eigenvalue weighted by Crippen LogP contribution is 2.43. The first-order valence-corrected chi connectivity index (χ1v) is 10.4. The quantitative estimate of drug-likeness (QED) is 0.629. The molecule has 2 heterocycles. The normalized spacial score (nSPS) is 19.1. The lowest BCUT2D eigenvalue weighted by Gasteiger charge is -2.37. The van der Waals surface area contributed by atoms with Gasteiger partial charge in [-0.2, -0.15) is 4.57 Å². The first-order chi connectivity index (χ1) is 14.8. The van der Waals surface area contributed by atoms with Crippen molar-refractivity contribution in [1.29, 1.82) is 0 Å². The van der Waals surface area contributed by atoms with Gasteiger partial charge in [-0.05, 0) is 51.5 Å². The number of benzene rings is 2. The number of carbonyl (C=O) groups excluding carboxylic acids is 1. The van der Waals surface area contributed by atoms with Crippen LogP contribution in [0.4, 0.5) is 10.5 Å². The summed E-state index contributed by atoms with van der Waals surface area (Å²) in [7, 11) is 0. The van der Waals surface area contributed by atoms with Crippen LogP contribution in [0, 0.1) is 0 Å². The molecule has 8 nitrogen and oxygen atoms in total. The fraction of sp³-hybridized carbons (Fsp3) is 0.348. The third kappa shape index (κ3) is 3.19. The molecule has 0 N–H and O–H groups in total.